The van der Waals surface area contributed by atoms with E-state index in [0.29, 0.717) is 6.92 Å². The predicted octanol–water partition coefficient (Wildman–Crippen LogP) is 1.00. The Hall–Kier alpha value is -2.17. The number of nitrogens with two attached hydrogens (primary N) is 1. The number of nitrogen functional groups attached to an aromatic ring is 1. The molecule has 8 nitrogen and oxygen atoms in total. The second-order valence-electron chi connectivity index (χ2n) is 3.08. The first-order valence-electron chi connectivity index (χ1n) is 4.46. The summed E-state index contributed by atoms with van der Waals surface area (Å²) in [4.78, 5) is 16.4. The number of alkyl halides is 3. The van der Waals surface area contributed by atoms with E-state index in [-0.39, 0.29) is 0 Å². The summed E-state index contributed by atoms with van der Waals surface area (Å²) in [6, 6.07) is 0. The molecule has 1 rings (SSSR count). The van der Waals surface area contributed by atoms with Gasteiger partial charge >= 0.3 is 11.9 Å². The molecule has 0 aromatic carbocycles. The number of anilines is 1. The summed E-state index contributed by atoms with van der Waals surface area (Å²) >= 11 is 0. The Balaban J connectivity index is 3.13. The molecule has 1 aromatic rings. The van der Waals surface area contributed by atoms with Crippen LogP contribution in [0.15, 0.2) is 6.33 Å². The second-order valence-corrected chi connectivity index (χ2v) is 3.08. The molecule has 0 aliphatic carbocycles. The van der Waals surface area contributed by atoms with Crippen molar-refractivity contribution >= 4 is 11.5 Å². The molecule has 0 saturated carbocycles. The van der Waals surface area contributed by atoms with Crippen LogP contribution in [-0.2, 0) is 0 Å². The lowest BCUT2D eigenvalue weighted by Crippen LogP contribution is -2.31. The van der Waals surface area contributed by atoms with Gasteiger partial charge in [0.1, 0.15) is 6.33 Å². The van der Waals surface area contributed by atoms with E-state index in [9.17, 15) is 23.3 Å². The third-order valence-corrected chi connectivity index (χ3v) is 1.86. The highest BCUT2D eigenvalue weighted by molar-refractivity contribution is 5.60. The topological polar surface area (TPSA) is 116 Å². The lowest BCUT2D eigenvalue weighted by molar-refractivity contribution is -0.386. The summed E-state index contributed by atoms with van der Waals surface area (Å²) in [7, 11) is 0. The number of hydrazine groups is 1. The van der Waals surface area contributed by atoms with E-state index >= 15 is 0 Å². The van der Waals surface area contributed by atoms with Crippen molar-refractivity contribution in [3.8, 4) is 5.88 Å². The minimum Gasteiger partial charge on any atom is -0.460 e. The van der Waals surface area contributed by atoms with Crippen LogP contribution in [0.25, 0.3) is 0 Å². The Morgan fingerprint density at radius 2 is 2.17 bits per heavy atom. The maximum Gasteiger partial charge on any atom is 0.425 e. The van der Waals surface area contributed by atoms with Crippen molar-refractivity contribution in [1.82, 2.24) is 9.97 Å². The lowest BCUT2D eigenvalue weighted by atomic mass is 10.4. The number of nitrogens with zero attached hydrogens (tertiary/aromatic N) is 3. The van der Waals surface area contributed by atoms with E-state index in [1.54, 1.807) is 0 Å². The number of hydrogen-bond donors (Lipinski definition) is 2. The highest BCUT2D eigenvalue weighted by atomic mass is 19.4. The van der Waals surface area contributed by atoms with Gasteiger partial charge in [0.15, 0.2) is 6.10 Å². The zero-order valence-electron chi connectivity index (χ0n) is 8.93. The van der Waals surface area contributed by atoms with Crippen LogP contribution in [-0.4, -0.2) is 27.2 Å². The van der Waals surface area contributed by atoms with Gasteiger partial charge in [-0.25, -0.2) is 10.8 Å². The quantitative estimate of drug-likeness (QED) is 0.474. The zero-order valence-corrected chi connectivity index (χ0v) is 8.93. The summed E-state index contributed by atoms with van der Waals surface area (Å²) in [5.41, 5.74) is 1.01. The Bertz CT molecular complexity index is 452. The van der Waals surface area contributed by atoms with Crippen molar-refractivity contribution in [2.75, 3.05) is 5.43 Å². The normalized spacial score (nSPS) is 12.9. The van der Waals surface area contributed by atoms with E-state index in [1.807, 2.05) is 5.43 Å². The smallest absolute Gasteiger partial charge is 0.425 e. The van der Waals surface area contributed by atoms with Crippen LogP contribution < -0.4 is 16.0 Å². The van der Waals surface area contributed by atoms with Crippen molar-refractivity contribution in [3.63, 3.8) is 0 Å². The molecule has 18 heavy (non-hydrogen) atoms. The van der Waals surface area contributed by atoms with Gasteiger partial charge in [-0.3, -0.25) is 10.1 Å². The highest BCUT2D eigenvalue weighted by Crippen LogP contribution is 2.33. The van der Waals surface area contributed by atoms with Crippen molar-refractivity contribution in [2.45, 2.75) is 19.2 Å². The number of aromatic nitrogens is 2. The minimum absolute atomic E-state index is 0.445. The van der Waals surface area contributed by atoms with Gasteiger partial charge in [-0.2, -0.15) is 18.2 Å². The summed E-state index contributed by atoms with van der Waals surface area (Å²) in [6.45, 7) is 0.696. The van der Waals surface area contributed by atoms with Gasteiger partial charge < -0.3 is 10.2 Å². The van der Waals surface area contributed by atoms with Gasteiger partial charge in [-0.1, -0.05) is 0 Å². The number of rotatable bonds is 4. The first-order chi connectivity index (χ1) is 8.27. The van der Waals surface area contributed by atoms with Crippen molar-refractivity contribution in [3.05, 3.63) is 16.4 Å². The van der Waals surface area contributed by atoms with E-state index in [2.05, 4.69) is 14.7 Å². The molecule has 0 fully saturated rings. The fraction of sp³-hybridized carbons (Fsp3) is 0.429. The van der Waals surface area contributed by atoms with Gasteiger partial charge in [-0.15, -0.1) is 0 Å². The fourth-order valence-corrected chi connectivity index (χ4v) is 0.953. The Kier molecular flexibility index (Phi) is 3.86. The van der Waals surface area contributed by atoms with Crippen LogP contribution in [0.5, 0.6) is 5.88 Å². The molecule has 11 heteroatoms. The van der Waals surface area contributed by atoms with Crippen LogP contribution in [0.4, 0.5) is 24.7 Å². The van der Waals surface area contributed by atoms with Crippen LogP contribution in [0.1, 0.15) is 6.92 Å². The van der Waals surface area contributed by atoms with E-state index in [4.69, 9.17) is 5.84 Å². The molecule has 1 aromatic heterocycles. The molecule has 0 bridgehead atoms. The third kappa shape index (κ3) is 2.94. The van der Waals surface area contributed by atoms with Gasteiger partial charge in [0, 0.05) is 0 Å². The van der Waals surface area contributed by atoms with Crippen molar-refractivity contribution in [1.29, 1.82) is 0 Å². The maximum atomic E-state index is 12.3. The summed E-state index contributed by atoms with van der Waals surface area (Å²) in [5.74, 6) is 3.69. The molecule has 0 radical (unpaired) electrons. The molecular formula is C7H8F3N5O3. The number of ether oxygens (including phenoxy) is 1. The molecule has 0 aliphatic heterocycles. The Labute approximate surface area is 98.1 Å². The van der Waals surface area contributed by atoms with E-state index in [0.717, 1.165) is 6.33 Å². The zero-order chi connectivity index (χ0) is 13.9. The van der Waals surface area contributed by atoms with Crippen LogP contribution >= 0.6 is 0 Å². The molecule has 1 heterocycles. The van der Waals surface area contributed by atoms with Crippen molar-refractivity contribution in [2.24, 2.45) is 5.84 Å². The van der Waals surface area contributed by atoms with E-state index < -0.39 is 34.6 Å². The van der Waals surface area contributed by atoms with Crippen LogP contribution in [0.3, 0.4) is 0 Å². The molecule has 0 amide bonds. The monoisotopic (exact) mass is 267 g/mol. The van der Waals surface area contributed by atoms with Gasteiger partial charge in [0.05, 0.1) is 4.92 Å². The molecule has 0 spiro atoms. The molecular weight excluding hydrogens is 259 g/mol. The lowest BCUT2D eigenvalue weighted by Gasteiger charge is -2.16. The third-order valence-electron chi connectivity index (χ3n) is 1.86. The number of nitro groups is 1. The molecule has 1 atom stereocenters. The summed E-state index contributed by atoms with van der Waals surface area (Å²) in [6.07, 6.45) is -6.13. The standard InChI is InChI=1S/C7H8F3N5O3/c1-3(7(8,9)10)18-6-4(15(16)17)5(14-11)12-2-13-6/h2-3H,11H2,1H3,(H,12,13,14). The largest absolute Gasteiger partial charge is 0.460 e. The van der Waals surface area contributed by atoms with Crippen molar-refractivity contribution < 1.29 is 22.8 Å². The first kappa shape index (κ1) is 13.9. The fourth-order valence-electron chi connectivity index (χ4n) is 0.953. The summed E-state index contributed by atoms with van der Waals surface area (Å²) in [5, 5.41) is 10.7. The Morgan fingerprint density at radius 3 is 2.61 bits per heavy atom. The molecule has 3 N–H and O–H groups in total. The Morgan fingerprint density at radius 1 is 1.56 bits per heavy atom. The average Bonchev–Trinajstić information content (AvgIpc) is 2.26. The van der Waals surface area contributed by atoms with Gasteiger partial charge in [0.2, 0.25) is 5.82 Å². The SMILES string of the molecule is CC(Oc1ncnc(NN)c1[N+](=O)[O-])C(F)(F)F. The van der Waals surface area contributed by atoms with Crippen LogP contribution in [0.2, 0.25) is 0 Å². The molecule has 1 unspecified atom stereocenters. The number of nitrogens with one attached hydrogen (secondary N) is 1. The van der Waals surface area contributed by atoms with Crippen LogP contribution in [0, 0.1) is 10.1 Å². The maximum absolute atomic E-state index is 12.3. The van der Waals surface area contributed by atoms with E-state index in [1.165, 1.54) is 0 Å². The van der Waals surface area contributed by atoms with Gasteiger partial charge in [-0.05, 0) is 6.92 Å². The number of halogens is 3. The van der Waals surface area contributed by atoms with Gasteiger partial charge in [0.25, 0.3) is 5.88 Å². The molecule has 0 aliphatic rings. The number of hydrogen-bond acceptors (Lipinski definition) is 7. The second kappa shape index (κ2) is 5.00. The first-order valence-corrected chi connectivity index (χ1v) is 4.46. The highest BCUT2D eigenvalue weighted by Gasteiger charge is 2.40. The average molecular weight is 267 g/mol. The predicted molar refractivity (Wildman–Crippen MR) is 52.6 cm³/mol. The minimum atomic E-state index is -4.67. The summed E-state index contributed by atoms with van der Waals surface area (Å²) < 4.78 is 41.2. The molecule has 100 valence electrons. The molecule has 0 saturated heterocycles.